The summed E-state index contributed by atoms with van der Waals surface area (Å²) in [7, 11) is 0. The highest BCUT2D eigenvalue weighted by Gasteiger charge is 2.28. The van der Waals surface area contributed by atoms with Crippen molar-refractivity contribution < 1.29 is 0 Å². The van der Waals surface area contributed by atoms with E-state index in [-0.39, 0.29) is 6.04 Å². The standard InChI is InChI=1S/C21H29ClN4.C2H6/c1-15(23)18-14-19(22)17-6-5-9-24-20(17)21(18)26-12-7-16(8-13-26)25-10-3-2-4-11-25;1-2/h5-6,9,14-16H,2-4,7-8,10-13,23H2,1H3;1-2H3. The number of nitrogens with two attached hydrogens (primary N) is 1. The number of anilines is 1. The molecule has 5 heteroatoms. The highest BCUT2D eigenvalue weighted by atomic mass is 35.5. The molecule has 28 heavy (non-hydrogen) atoms. The quantitative estimate of drug-likeness (QED) is 0.747. The van der Waals surface area contributed by atoms with Crippen LogP contribution in [0.4, 0.5) is 5.69 Å². The summed E-state index contributed by atoms with van der Waals surface area (Å²) in [5.74, 6) is 0. The van der Waals surface area contributed by atoms with Gasteiger partial charge in [0.25, 0.3) is 0 Å². The Labute approximate surface area is 175 Å². The molecule has 3 heterocycles. The van der Waals surface area contributed by atoms with Crippen molar-refractivity contribution in [3.63, 3.8) is 0 Å². The molecule has 0 amide bonds. The molecule has 0 spiro atoms. The lowest BCUT2D eigenvalue weighted by Crippen LogP contribution is -2.47. The average molecular weight is 403 g/mol. The van der Waals surface area contributed by atoms with Crippen molar-refractivity contribution in [3.05, 3.63) is 35.0 Å². The van der Waals surface area contributed by atoms with Gasteiger partial charge in [-0.1, -0.05) is 31.9 Å². The third kappa shape index (κ3) is 4.45. The molecule has 1 aromatic heterocycles. The summed E-state index contributed by atoms with van der Waals surface area (Å²) in [6.45, 7) is 10.7. The molecule has 2 aromatic rings. The fraction of sp³-hybridized carbons (Fsp3) is 0.609. The van der Waals surface area contributed by atoms with Crippen LogP contribution in [0, 0.1) is 0 Å². The number of pyridine rings is 1. The summed E-state index contributed by atoms with van der Waals surface area (Å²) in [6.07, 6.45) is 8.41. The van der Waals surface area contributed by atoms with E-state index in [1.54, 1.807) is 0 Å². The van der Waals surface area contributed by atoms with E-state index in [2.05, 4.69) is 20.9 Å². The van der Waals surface area contributed by atoms with Crippen LogP contribution in [0.5, 0.6) is 0 Å². The molecule has 1 unspecified atom stereocenters. The Morgan fingerprint density at radius 1 is 1.11 bits per heavy atom. The summed E-state index contributed by atoms with van der Waals surface area (Å²) in [4.78, 5) is 9.88. The van der Waals surface area contributed by atoms with E-state index < -0.39 is 0 Å². The second kappa shape index (κ2) is 9.91. The largest absolute Gasteiger partial charge is 0.369 e. The monoisotopic (exact) mass is 402 g/mol. The fourth-order valence-electron chi connectivity index (χ4n) is 4.62. The van der Waals surface area contributed by atoms with Gasteiger partial charge in [0.1, 0.15) is 0 Å². The van der Waals surface area contributed by atoms with Crippen LogP contribution in [0.1, 0.15) is 64.5 Å². The molecule has 154 valence electrons. The molecule has 2 saturated heterocycles. The van der Waals surface area contributed by atoms with Crippen LogP contribution in [-0.2, 0) is 0 Å². The minimum Gasteiger partial charge on any atom is -0.369 e. The summed E-state index contributed by atoms with van der Waals surface area (Å²) in [5.41, 5.74) is 9.59. The average Bonchev–Trinajstić information content (AvgIpc) is 2.76. The Bertz CT molecular complexity index is 763. The van der Waals surface area contributed by atoms with Crippen LogP contribution in [0.2, 0.25) is 5.02 Å². The maximum Gasteiger partial charge on any atom is 0.0953 e. The molecule has 2 aliphatic heterocycles. The zero-order valence-corrected chi connectivity index (χ0v) is 18.4. The molecule has 2 aliphatic rings. The zero-order chi connectivity index (χ0) is 20.1. The van der Waals surface area contributed by atoms with Gasteiger partial charge in [-0.25, -0.2) is 0 Å². The smallest absolute Gasteiger partial charge is 0.0953 e. The molecule has 1 aromatic carbocycles. The van der Waals surface area contributed by atoms with Gasteiger partial charge in [-0.05, 0) is 69.5 Å². The number of rotatable bonds is 3. The maximum absolute atomic E-state index is 6.52. The van der Waals surface area contributed by atoms with Crippen LogP contribution in [0.15, 0.2) is 24.4 Å². The Hall–Kier alpha value is -1.36. The van der Waals surface area contributed by atoms with E-state index in [0.717, 1.165) is 40.6 Å². The predicted octanol–water partition coefficient (Wildman–Crippen LogP) is 5.39. The molecule has 2 N–H and O–H groups in total. The number of piperidine rings is 2. The summed E-state index contributed by atoms with van der Waals surface area (Å²) >= 11 is 6.52. The normalized spacial score (nSPS) is 20.0. The van der Waals surface area contributed by atoms with Gasteiger partial charge in [0, 0.05) is 36.8 Å². The van der Waals surface area contributed by atoms with Gasteiger partial charge in [-0.15, -0.1) is 0 Å². The number of hydrogen-bond donors (Lipinski definition) is 1. The third-order valence-corrected chi connectivity index (χ3v) is 6.34. The van der Waals surface area contributed by atoms with Crippen molar-refractivity contribution in [2.24, 2.45) is 5.73 Å². The van der Waals surface area contributed by atoms with Crippen molar-refractivity contribution >= 4 is 28.2 Å². The van der Waals surface area contributed by atoms with E-state index >= 15 is 0 Å². The van der Waals surface area contributed by atoms with Crippen molar-refractivity contribution in [1.29, 1.82) is 0 Å². The predicted molar refractivity (Wildman–Crippen MR) is 121 cm³/mol. The summed E-state index contributed by atoms with van der Waals surface area (Å²) in [6, 6.07) is 6.72. The topological polar surface area (TPSA) is 45.4 Å². The lowest BCUT2D eigenvalue weighted by Gasteiger charge is -2.41. The summed E-state index contributed by atoms with van der Waals surface area (Å²) in [5, 5.41) is 1.76. The van der Waals surface area contributed by atoms with Gasteiger partial charge in [0.2, 0.25) is 0 Å². The number of likely N-dealkylation sites (tertiary alicyclic amines) is 1. The SMILES string of the molecule is CC.CC(N)c1cc(Cl)c2cccnc2c1N1CCC(N2CCCCC2)CC1. The number of halogens is 1. The molecule has 1 atom stereocenters. The van der Waals surface area contributed by atoms with Gasteiger partial charge in [-0.3, -0.25) is 4.98 Å². The maximum atomic E-state index is 6.52. The number of hydrogen-bond acceptors (Lipinski definition) is 4. The van der Waals surface area contributed by atoms with Gasteiger partial charge in [-0.2, -0.15) is 0 Å². The first-order valence-corrected chi connectivity index (χ1v) is 11.3. The molecule has 2 fully saturated rings. The molecule has 0 bridgehead atoms. The number of aromatic nitrogens is 1. The van der Waals surface area contributed by atoms with Crippen LogP contribution >= 0.6 is 11.6 Å². The lowest BCUT2D eigenvalue weighted by molar-refractivity contribution is 0.141. The molecule has 4 nitrogen and oxygen atoms in total. The zero-order valence-electron chi connectivity index (χ0n) is 17.6. The second-order valence-corrected chi connectivity index (χ2v) is 8.21. The van der Waals surface area contributed by atoms with Gasteiger partial charge >= 0.3 is 0 Å². The van der Waals surface area contributed by atoms with Crippen molar-refractivity contribution in [3.8, 4) is 0 Å². The minimum absolute atomic E-state index is 0.0614. The van der Waals surface area contributed by atoms with Crippen LogP contribution in [-0.4, -0.2) is 42.1 Å². The number of fused-ring (bicyclic) bond motifs is 1. The first-order valence-electron chi connectivity index (χ1n) is 11.0. The van der Waals surface area contributed by atoms with Crippen LogP contribution in [0.25, 0.3) is 10.9 Å². The Morgan fingerprint density at radius 2 is 1.79 bits per heavy atom. The van der Waals surface area contributed by atoms with Crippen LogP contribution in [0.3, 0.4) is 0 Å². The lowest BCUT2D eigenvalue weighted by atomic mass is 9.96. The van der Waals surface area contributed by atoms with Crippen molar-refractivity contribution in [2.75, 3.05) is 31.1 Å². The first-order chi connectivity index (χ1) is 13.6. The molecular weight excluding hydrogens is 368 g/mol. The Morgan fingerprint density at radius 3 is 2.43 bits per heavy atom. The van der Waals surface area contributed by atoms with Crippen LogP contribution < -0.4 is 10.6 Å². The number of nitrogens with zero attached hydrogens (tertiary/aromatic N) is 3. The Balaban J connectivity index is 0.00000109. The first kappa shape index (κ1) is 21.4. The molecular formula is C23H35ClN4. The van der Waals surface area contributed by atoms with E-state index in [4.69, 9.17) is 17.3 Å². The van der Waals surface area contributed by atoms with Gasteiger partial charge in [0.05, 0.1) is 16.2 Å². The fourth-order valence-corrected chi connectivity index (χ4v) is 4.89. The highest BCUT2D eigenvalue weighted by molar-refractivity contribution is 6.36. The van der Waals surface area contributed by atoms with Crippen molar-refractivity contribution in [1.82, 2.24) is 9.88 Å². The summed E-state index contributed by atoms with van der Waals surface area (Å²) < 4.78 is 0. The molecule has 4 rings (SSSR count). The van der Waals surface area contributed by atoms with E-state index in [1.165, 1.54) is 50.9 Å². The van der Waals surface area contributed by atoms with E-state index in [0.29, 0.717) is 0 Å². The highest BCUT2D eigenvalue weighted by Crippen LogP contribution is 2.38. The molecule has 0 saturated carbocycles. The number of benzene rings is 1. The van der Waals surface area contributed by atoms with E-state index in [9.17, 15) is 0 Å². The third-order valence-electron chi connectivity index (χ3n) is 6.02. The minimum atomic E-state index is -0.0614. The molecule has 0 aliphatic carbocycles. The van der Waals surface area contributed by atoms with E-state index in [1.807, 2.05) is 39.1 Å². The second-order valence-electron chi connectivity index (χ2n) is 7.80. The van der Waals surface area contributed by atoms with Crippen molar-refractivity contribution in [2.45, 2.75) is 65.0 Å². The van der Waals surface area contributed by atoms with Gasteiger partial charge in [0.15, 0.2) is 0 Å². The van der Waals surface area contributed by atoms with Gasteiger partial charge < -0.3 is 15.5 Å². The molecule has 0 radical (unpaired) electrons. The Kier molecular flexibility index (Phi) is 7.55.